The van der Waals surface area contributed by atoms with Crippen LogP contribution < -0.4 is 25.0 Å². The summed E-state index contributed by atoms with van der Waals surface area (Å²) in [5.41, 5.74) is 3.91. The highest BCUT2D eigenvalue weighted by atomic mass is 79.9. The Labute approximate surface area is 203 Å². The summed E-state index contributed by atoms with van der Waals surface area (Å²) < 4.78 is 29.6. The highest BCUT2D eigenvalue weighted by Crippen LogP contribution is 2.36. The van der Waals surface area contributed by atoms with E-state index < -0.39 is 17.6 Å². The summed E-state index contributed by atoms with van der Waals surface area (Å²) in [6, 6.07) is 15.4. The molecule has 0 atom stereocenters. The van der Waals surface area contributed by atoms with Crippen molar-refractivity contribution in [1.29, 1.82) is 0 Å². The molecule has 10 heteroatoms. The van der Waals surface area contributed by atoms with Gasteiger partial charge in [-0.05, 0) is 76.1 Å². The average Bonchev–Trinajstić information content (AvgIpc) is 2.84. The van der Waals surface area contributed by atoms with Crippen LogP contribution in [0.25, 0.3) is 0 Å². The summed E-state index contributed by atoms with van der Waals surface area (Å²) in [5, 5.41) is 6.58. The van der Waals surface area contributed by atoms with Crippen LogP contribution in [0.15, 0.2) is 70.2 Å². The first-order valence-electron chi connectivity index (χ1n) is 9.93. The van der Waals surface area contributed by atoms with Crippen molar-refractivity contribution in [2.24, 2.45) is 5.10 Å². The second kappa shape index (κ2) is 11.8. The van der Waals surface area contributed by atoms with E-state index in [1.807, 2.05) is 0 Å². The molecule has 0 heterocycles. The van der Waals surface area contributed by atoms with E-state index >= 15 is 0 Å². The van der Waals surface area contributed by atoms with Crippen molar-refractivity contribution in [1.82, 2.24) is 5.43 Å². The van der Waals surface area contributed by atoms with Gasteiger partial charge in [-0.3, -0.25) is 9.59 Å². The van der Waals surface area contributed by atoms with Gasteiger partial charge in [-0.15, -0.1) is 0 Å². The number of hydrazone groups is 1. The first kappa shape index (κ1) is 24.7. The number of ether oxygens (including phenoxy) is 3. The van der Waals surface area contributed by atoms with Crippen LogP contribution in [0.3, 0.4) is 0 Å². The van der Waals surface area contributed by atoms with Gasteiger partial charge in [0.2, 0.25) is 0 Å². The molecule has 0 saturated heterocycles. The zero-order chi connectivity index (χ0) is 24.5. The summed E-state index contributed by atoms with van der Waals surface area (Å²) >= 11 is 3.40. The van der Waals surface area contributed by atoms with Gasteiger partial charge in [0.05, 0.1) is 24.9 Å². The molecule has 0 radical (unpaired) electrons. The quantitative estimate of drug-likeness (QED) is 0.316. The van der Waals surface area contributed by atoms with E-state index in [-0.39, 0.29) is 6.61 Å². The standard InChI is InChI=1S/C24H21BrFN3O5/c1-32-19-5-3-4-16(12-19)24(31)29-27-13-15-10-20(25)23(21(11-15)33-2)34-14-22(30)28-18-8-6-17(26)7-9-18/h3-13H,14H2,1-2H3,(H,28,30)(H,29,31)/b27-13+. The Hall–Kier alpha value is -3.92. The monoisotopic (exact) mass is 529 g/mol. The minimum Gasteiger partial charge on any atom is -0.497 e. The molecule has 0 aliphatic rings. The minimum atomic E-state index is -0.425. The summed E-state index contributed by atoms with van der Waals surface area (Å²) in [5.74, 6) is 0.0113. The molecule has 176 valence electrons. The van der Waals surface area contributed by atoms with Crippen molar-refractivity contribution < 1.29 is 28.2 Å². The molecule has 0 spiro atoms. The van der Waals surface area contributed by atoms with E-state index in [1.54, 1.807) is 36.4 Å². The van der Waals surface area contributed by atoms with E-state index in [9.17, 15) is 14.0 Å². The van der Waals surface area contributed by atoms with Crippen LogP contribution in [-0.4, -0.2) is 38.9 Å². The maximum absolute atomic E-state index is 13.0. The van der Waals surface area contributed by atoms with Crippen molar-refractivity contribution >= 4 is 39.6 Å². The zero-order valence-corrected chi connectivity index (χ0v) is 19.9. The van der Waals surface area contributed by atoms with Crippen LogP contribution in [0, 0.1) is 5.82 Å². The van der Waals surface area contributed by atoms with Gasteiger partial charge in [0.1, 0.15) is 11.6 Å². The number of hydrogen-bond acceptors (Lipinski definition) is 6. The van der Waals surface area contributed by atoms with E-state index in [4.69, 9.17) is 14.2 Å². The van der Waals surface area contributed by atoms with Gasteiger partial charge < -0.3 is 19.5 Å². The topological polar surface area (TPSA) is 98.3 Å². The number of benzene rings is 3. The minimum absolute atomic E-state index is 0.295. The Kier molecular flexibility index (Phi) is 8.58. The molecule has 0 aliphatic carbocycles. The highest BCUT2D eigenvalue weighted by molar-refractivity contribution is 9.10. The maximum atomic E-state index is 13.0. The fourth-order valence-corrected chi connectivity index (χ4v) is 3.39. The third kappa shape index (κ3) is 6.79. The predicted octanol–water partition coefficient (Wildman–Crippen LogP) is 4.39. The number of amides is 2. The maximum Gasteiger partial charge on any atom is 0.271 e. The lowest BCUT2D eigenvalue weighted by molar-refractivity contribution is -0.118. The van der Waals surface area contributed by atoms with Gasteiger partial charge >= 0.3 is 0 Å². The fraction of sp³-hybridized carbons (Fsp3) is 0.125. The van der Waals surface area contributed by atoms with Gasteiger partial charge in [-0.1, -0.05) is 6.07 Å². The number of methoxy groups -OCH3 is 2. The van der Waals surface area contributed by atoms with Crippen LogP contribution in [0.5, 0.6) is 17.2 Å². The molecule has 0 bridgehead atoms. The number of anilines is 1. The largest absolute Gasteiger partial charge is 0.497 e. The van der Waals surface area contributed by atoms with E-state index in [2.05, 4.69) is 31.8 Å². The number of rotatable bonds is 9. The number of nitrogens with one attached hydrogen (secondary N) is 2. The van der Waals surface area contributed by atoms with Crippen molar-refractivity contribution in [3.8, 4) is 17.2 Å². The molecule has 0 aromatic heterocycles. The molecule has 3 aromatic rings. The molecule has 0 saturated carbocycles. The normalized spacial score (nSPS) is 10.6. The van der Waals surface area contributed by atoms with E-state index in [0.717, 1.165) is 0 Å². The van der Waals surface area contributed by atoms with Gasteiger partial charge in [0, 0.05) is 11.3 Å². The number of carbonyl (C=O) groups is 2. The summed E-state index contributed by atoms with van der Waals surface area (Å²) in [4.78, 5) is 24.4. The van der Waals surface area contributed by atoms with Gasteiger partial charge in [-0.25, -0.2) is 9.82 Å². The molecule has 0 unspecified atom stereocenters. The lowest BCUT2D eigenvalue weighted by atomic mass is 10.2. The van der Waals surface area contributed by atoms with Crippen LogP contribution in [0.1, 0.15) is 15.9 Å². The second-order valence-corrected chi connectivity index (χ2v) is 7.66. The summed E-state index contributed by atoms with van der Waals surface area (Å²) in [6.07, 6.45) is 1.44. The number of hydrogen-bond donors (Lipinski definition) is 2. The van der Waals surface area contributed by atoms with E-state index in [1.165, 1.54) is 44.7 Å². The first-order valence-corrected chi connectivity index (χ1v) is 10.7. The summed E-state index contributed by atoms with van der Waals surface area (Å²) in [6.45, 7) is -0.295. The SMILES string of the molecule is COc1cccc(C(=O)N/N=C/c2cc(Br)c(OCC(=O)Nc3ccc(F)cc3)c(OC)c2)c1. The smallest absolute Gasteiger partial charge is 0.271 e. The third-order valence-corrected chi connectivity index (χ3v) is 5.03. The lowest BCUT2D eigenvalue weighted by Gasteiger charge is -2.13. The molecular weight excluding hydrogens is 509 g/mol. The lowest BCUT2D eigenvalue weighted by Crippen LogP contribution is -2.20. The molecule has 3 aromatic carbocycles. The Balaban J connectivity index is 1.62. The number of carbonyl (C=O) groups excluding carboxylic acids is 2. The number of halogens is 2. The molecule has 2 amide bonds. The Bertz CT molecular complexity index is 1200. The first-order chi connectivity index (χ1) is 16.4. The Morgan fingerprint density at radius 2 is 1.82 bits per heavy atom. The molecule has 3 rings (SSSR count). The second-order valence-electron chi connectivity index (χ2n) is 6.81. The van der Waals surface area contributed by atoms with Crippen LogP contribution >= 0.6 is 15.9 Å². The predicted molar refractivity (Wildman–Crippen MR) is 129 cm³/mol. The number of nitrogens with zero attached hydrogens (tertiary/aromatic N) is 1. The summed E-state index contributed by atoms with van der Waals surface area (Å²) in [7, 11) is 2.98. The van der Waals surface area contributed by atoms with Crippen LogP contribution in [-0.2, 0) is 4.79 Å². The van der Waals surface area contributed by atoms with Crippen molar-refractivity contribution in [3.63, 3.8) is 0 Å². The Morgan fingerprint density at radius 1 is 1.06 bits per heavy atom. The molecule has 0 aliphatic heterocycles. The molecule has 34 heavy (non-hydrogen) atoms. The molecule has 2 N–H and O–H groups in total. The van der Waals surface area contributed by atoms with Gasteiger partial charge in [-0.2, -0.15) is 5.10 Å². The molecule has 8 nitrogen and oxygen atoms in total. The van der Waals surface area contributed by atoms with Crippen molar-refractivity contribution in [2.75, 3.05) is 26.1 Å². The highest BCUT2D eigenvalue weighted by Gasteiger charge is 2.14. The Morgan fingerprint density at radius 3 is 2.53 bits per heavy atom. The fourth-order valence-electron chi connectivity index (χ4n) is 2.82. The molecule has 0 fully saturated rings. The van der Waals surface area contributed by atoms with Crippen LogP contribution in [0.2, 0.25) is 0 Å². The van der Waals surface area contributed by atoms with Crippen molar-refractivity contribution in [3.05, 3.63) is 82.1 Å². The van der Waals surface area contributed by atoms with Crippen LogP contribution in [0.4, 0.5) is 10.1 Å². The van der Waals surface area contributed by atoms with Gasteiger partial charge in [0.25, 0.3) is 11.8 Å². The molecular formula is C24H21BrFN3O5. The van der Waals surface area contributed by atoms with E-state index in [0.29, 0.717) is 38.5 Å². The zero-order valence-electron chi connectivity index (χ0n) is 18.3. The third-order valence-electron chi connectivity index (χ3n) is 4.44. The van der Waals surface area contributed by atoms with Crippen molar-refractivity contribution in [2.45, 2.75) is 0 Å². The average molecular weight is 530 g/mol. The van der Waals surface area contributed by atoms with Gasteiger partial charge in [0.15, 0.2) is 18.1 Å².